The number of benzene rings is 3. The van der Waals surface area contributed by atoms with Crippen LogP contribution in [0.4, 0.5) is 0 Å². The van der Waals surface area contributed by atoms with Crippen LogP contribution in [0.15, 0.2) is 78.9 Å². The van der Waals surface area contributed by atoms with E-state index in [2.05, 4.69) is 79.8 Å². The van der Waals surface area contributed by atoms with Crippen LogP contribution in [0.5, 0.6) is 5.75 Å². The Morgan fingerprint density at radius 1 is 0.800 bits per heavy atom. The van der Waals surface area contributed by atoms with Crippen molar-refractivity contribution in [2.75, 3.05) is 0 Å². The zero-order valence-corrected chi connectivity index (χ0v) is 14.9. The van der Waals surface area contributed by atoms with E-state index < -0.39 is 0 Å². The molecule has 0 aliphatic rings. The molecule has 0 spiro atoms. The predicted octanol–water partition coefficient (Wildman–Crippen LogP) is 5.42. The molecule has 25 heavy (non-hydrogen) atoms. The molecule has 1 N–H and O–H groups in total. The molecule has 0 heterocycles. The smallest absolute Gasteiger partial charge is 0.119 e. The molecule has 0 saturated carbocycles. The van der Waals surface area contributed by atoms with E-state index in [1.165, 1.54) is 22.3 Å². The van der Waals surface area contributed by atoms with Gasteiger partial charge in [0.25, 0.3) is 0 Å². The fourth-order valence-corrected chi connectivity index (χ4v) is 2.69. The van der Waals surface area contributed by atoms with Crippen molar-refractivity contribution in [3.8, 4) is 5.75 Å². The molecule has 2 nitrogen and oxygen atoms in total. The maximum Gasteiger partial charge on any atom is 0.119 e. The number of hydrogen-bond acceptors (Lipinski definition) is 2. The molecule has 0 fully saturated rings. The Bertz CT molecular complexity index is 763. The molecule has 0 amide bonds. The molecule has 3 aromatic carbocycles. The molecule has 0 bridgehead atoms. The fourth-order valence-electron chi connectivity index (χ4n) is 2.69. The Balaban J connectivity index is 1.49. The van der Waals surface area contributed by atoms with E-state index in [0.717, 1.165) is 12.3 Å². The SMILES string of the molecule is Cc1ccc(COc2ccc(CN[C@H](C)c3ccccc3)cc2)cc1. The summed E-state index contributed by atoms with van der Waals surface area (Å²) in [6.45, 7) is 5.72. The zero-order valence-electron chi connectivity index (χ0n) is 14.9. The third-order valence-electron chi connectivity index (χ3n) is 4.36. The minimum Gasteiger partial charge on any atom is -0.489 e. The number of rotatable bonds is 7. The summed E-state index contributed by atoms with van der Waals surface area (Å²) in [6.07, 6.45) is 0. The molecular weight excluding hydrogens is 306 g/mol. The lowest BCUT2D eigenvalue weighted by Crippen LogP contribution is -2.17. The molecule has 1 atom stereocenters. The summed E-state index contributed by atoms with van der Waals surface area (Å²) in [6, 6.07) is 27.6. The third-order valence-corrected chi connectivity index (χ3v) is 4.36. The van der Waals surface area contributed by atoms with Crippen LogP contribution in [0.1, 0.15) is 35.2 Å². The van der Waals surface area contributed by atoms with E-state index >= 15 is 0 Å². The summed E-state index contributed by atoms with van der Waals surface area (Å²) in [7, 11) is 0. The predicted molar refractivity (Wildman–Crippen MR) is 104 cm³/mol. The number of aryl methyl sites for hydroxylation is 1. The van der Waals surface area contributed by atoms with Gasteiger partial charge in [0, 0.05) is 12.6 Å². The average Bonchev–Trinajstić information content (AvgIpc) is 2.67. The standard InChI is InChI=1S/C23H25NO/c1-18-8-10-21(11-9-18)17-25-23-14-12-20(13-15-23)16-24-19(2)22-6-4-3-5-7-22/h3-15,19,24H,16-17H2,1-2H3/t19-/m1/s1. The second-order valence-electron chi connectivity index (χ2n) is 6.43. The van der Waals surface area contributed by atoms with Crippen LogP contribution in [-0.2, 0) is 13.2 Å². The van der Waals surface area contributed by atoms with Gasteiger partial charge in [-0.25, -0.2) is 0 Å². The van der Waals surface area contributed by atoms with Crippen molar-refractivity contribution in [2.24, 2.45) is 0 Å². The Kier molecular flexibility index (Phi) is 5.86. The van der Waals surface area contributed by atoms with E-state index in [4.69, 9.17) is 4.74 Å². The van der Waals surface area contributed by atoms with E-state index in [1.54, 1.807) is 0 Å². The van der Waals surface area contributed by atoms with Crippen LogP contribution in [-0.4, -0.2) is 0 Å². The molecular formula is C23H25NO. The lowest BCUT2D eigenvalue weighted by Gasteiger charge is -2.14. The molecule has 0 aliphatic heterocycles. The Hall–Kier alpha value is -2.58. The number of nitrogens with one attached hydrogen (secondary N) is 1. The van der Waals surface area contributed by atoms with Gasteiger partial charge in [-0.1, -0.05) is 72.3 Å². The van der Waals surface area contributed by atoms with Crippen molar-refractivity contribution in [1.29, 1.82) is 0 Å². The van der Waals surface area contributed by atoms with Crippen LogP contribution in [0.2, 0.25) is 0 Å². The lowest BCUT2D eigenvalue weighted by molar-refractivity contribution is 0.306. The van der Waals surface area contributed by atoms with Crippen molar-refractivity contribution in [3.63, 3.8) is 0 Å². The average molecular weight is 331 g/mol. The molecule has 0 aliphatic carbocycles. The summed E-state index contributed by atoms with van der Waals surface area (Å²) in [5, 5.41) is 3.56. The first kappa shape index (κ1) is 17.2. The zero-order chi connectivity index (χ0) is 17.5. The quantitative estimate of drug-likeness (QED) is 0.624. The molecule has 0 aromatic heterocycles. The van der Waals surface area contributed by atoms with Crippen molar-refractivity contribution in [3.05, 3.63) is 101 Å². The van der Waals surface area contributed by atoms with Crippen LogP contribution in [0.3, 0.4) is 0 Å². The minimum atomic E-state index is 0.332. The molecule has 3 aromatic rings. The van der Waals surface area contributed by atoms with Gasteiger partial charge in [-0.15, -0.1) is 0 Å². The highest BCUT2D eigenvalue weighted by Gasteiger charge is 2.04. The summed E-state index contributed by atoms with van der Waals surface area (Å²) in [5.41, 5.74) is 5.02. The maximum atomic E-state index is 5.86. The maximum absolute atomic E-state index is 5.86. The molecule has 128 valence electrons. The Morgan fingerprint density at radius 3 is 2.12 bits per heavy atom. The second-order valence-corrected chi connectivity index (χ2v) is 6.43. The van der Waals surface area contributed by atoms with Crippen molar-refractivity contribution < 1.29 is 4.74 Å². The highest BCUT2D eigenvalue weighted by atomic mass is 16.5. The van der Waals surface area contributed by atoms with Gasteiger partial charge < -0.3 is 10.1 Å². The summed E-state index contributed by atoms with van der Waals surface area (Å²) in [4.78, 5) is 0. The van der Waals surface area contributed by atoms with E-state index in [9.17, 15) is 0 Å². The normalized spacial score (nSPS) is 11.9. The highest BCUT2D eigenvalue weighted by molar-refractivity contribution is 5.28. The van der Waals surface area contributed by atoms with Crippen LogP contribution < -0.4 is 10.1 Å². The van der Waals surface area contributed by atoms with Gasteiger partial charge in [-0.2, -0.15) is 0 Å². The number of hydrogen-bond donors (Lipinski definition) is 1. The van der Waals surface area contributed by atoms with Gasteiger partial charge in [0.2, 0.25) is 0 Å². The monoisotopic (exact) mass is 331 g/mol. The second kappa shape index (κ2) is 8.50. The van der Waals surface area contributed by atoms with Crippen LogP contribution >= 0.6 is 0 Å². The summed E-state index contributed by atoms with van der Waals surface area (Å²) in [5.74, 6) is 0.903. The molecule has 0 unspecified atom stereocenters. The van der Waals surface area contributed by atoms with Crippen molar-refractivity contribution >= 4 is 0 Å². The third kappa shape index (κ3) is 5.20. The molecule has 2 heteroatoms. The highest BCUT2D eigenvalue weighted by Crippen LogP contribution is 2.16. The van der Waals surface area contributed by atoms with Gasteiger partial charge in [0.1, 0.15) is 12.4 Å². The first-order valence-electron chi connectivity index (χ1n) is 8.76. The van der Waals surface area contributed by atoms with Crippen molar-refractivity contribution in [2.45, 2.75) is 33.0 Å². The number of ether oxygens (including phenoxy) is 1. The van der Waals surface area contributed by atoms with Gasteiger partial charge in [-0.3, -0.25) is 0 Å². The van der Waals surface area contributed by atoms with Crippen LogP contribution in [0, 0.1) is 6.92 Å². The van der Waals surface area contributed by atoms with Gasteiger partial charge in [-0.05, 0) is 42.7 Å². The van der Waals surface area contributed by atoms with Gasteiger partial charge in [0.15, 0.2) is 0 Å². The van der Waals surface area contributed by atoms with Gasteiger partial charge in [0.05, 0.1) is 0 Å². The Morgan fingerprint density at radius 2 is 1.44 bits per heavy atom. The van der Waals surface area contributed by atoms with E-state index in [1.807, 2.05) is 18.2 Å². The molecule has 0 saturated heterocycles. The fraction of sp³-hybridized carbons (Fsp3) is 0.217. The minimum absolute atomic E-state index is 0.332. The van der Waals surface area contributed by atoms with Gasteiger partial charge >= 0.3 is 0 Å². The lowest BCUT2D eigenvalue weighted by atomic mass is 10.1. The first-order chi connectivity index (χ1) is 12.2. The van der Waals surface area contributed by atoms with Crippen LogP contribution in [0.25, 0.3) is 0 Å². The summed E-state index contributed by atoms with van der Waals surface area (Å²) < 4.78 is 5.86. The summed E-state index contributed by atoms with van der Waals surface area (Å²) >= 11 is 0. The molecule has 0 radical (unpaired) electrons. The van der Waals surface area contributed by atoms with E-state index in [-0.39, 0.29) is 0 Å². The first-order valence-corrected chi connectivity index (χ1v) is 8.76. The molecule has 3 rings (SSSR count). The largest absolute Gasteiger partial charge is 0.489 e. The van der Waals surface area contributed by atoms with Crippen molar-refractivity contribution in [1.82, 2.24) is 5.32 Å². The topological polar surface area (TPSA) is 21.3 Å². The Labute approximate surface area is 150 Å². The van der Waals surface area contributed by atoms with E-state index in [0.29, 0.717) is 12.6 Å².